The van der Waals surface area contributed by atoms with Gasteiger partial charge in [-0.1, -0.05) is 60.7 Å². The second-order valence-corrected chi connectivity index (χ2v) is 6.39. The van der Waals surface area contributed by atoms with Crippen molar-refractivity contribution in [3.05, 3.63) is 95.7 Å². The van der Waals surface area contributed by atoms with Crippen molar-refractivity contribution in [3.63, 3.8) is 0 Å². The Morgan fingerprint density at radius 2 is 1.23 bits per heavy atom. The molecule has 3 heteroatoms. The number of hydrogen-bond donors (Lipinski definition) is 1. The van der Waals surface area contributed by atoms with Gasteiger partial charge in [0.25, 0.3) is 0 Å². The van der Waals surface area contributed by atoms with Crippen molar-refractivity contribution in [1.82, 2.24) is 4.98 Å². The maximum atomic E-state index is 6.09. The Kier molecular flexibility index (Phi) is 4.61. The van der Waals surface area contributed by atoms with Gasteiger partial charge in [-0.2, -0.15) is 0 Å². The molecule has 0 aliphatic rings. The van der Waals surface area contributed by atoms with Gasteiger partial charge in [-0.05, 0) is 30.2 Å². The van der Waals surface area contributed by atoms with E-state index in [-0.39, 0.29) is 0 Å². The third kappa shape index (κ3) is 3.72. The minimum atomic E-state index is 0.508. The molecule has 0 spiro atoms. The number of benzene rings is 3. The number of fused-ring (bicyclic) bond motifs is 1. The molecule has 4 aromatic rings. The van der Waals surface area contributed by atoms with E-state index in [0.29, 0.717) is 13.2 Å². The second-order valence-electron chi connectivity index (χ2n) is 6.39. The van der Waals surface area contributed by atoms with Crippen molar-refractivity contribution >= 4 is 10.9 Å². The van der Waals surface area contributed by atoms with Crippen molar-refractivity contribution < 1.29 is 9.47 Å². The maximum absolute atomic E-state index is 6.09. The number of aromatic nitrogens is 1. The highest BCUT2D eigenvalue weighted by molar-refractivity contribution is 5.84. The van der Waals surface area contributed by atoms with Crippen LogP contribution in [0.5, 0.6) is 11.5 Å². The van der Waals surface area contributed by atoms with Crippen LogP contribution in [0.4, 0.5) is 0 Å². The molecule has 4 rings (SSSR count). The normalized spacial score (nSPS) is 10.8. The minimum Gasteiger partial charge on any atom is -0.485 e. The van der Waals surface area contributed by atoms with Gasteiger partial charge in [-0.25, -0.2) is 0 Å². The minimum absolute atomic E-state index is 0.508. The zero-order valence-electron chi connectivity index (χ0n) is 14.7. The van der Waals surface area contributed by atoms with Gasteiger partial charge in [0.1, 0.15) is 13.2 Å². The highest BCUT2D eigenvalue weighted by Crippen LogP contribution is 2.34. The van der Waals surface area contributed by atoms with Crippen LogP contribution in [-0.4, -0.2) is 4.98 Å². The molecule has 3 aromatic carbocycles. The molecule has 0 atom stereocenters. The fourth-order valence-corrected chi connectivity index (χ4v) is 2.98. The van der Waals surface area contributed by atoms with E-state index in [1.807, 2.05) is 48.5 Å². The number of rotatable bonds is 6. The average Bonchev–Trinajstić information content (AvgIpc) is 3.04. The van der Waals surface area contributed by atoms with Gasteiger partial charge in [0, 0.05) is 22.7 Å². The molecule has 3 nitrogen and oxygen atoms in total. The zero-order valence-corrected chi connectivity index (χ0v) is 14.7. The predicted molar refractivity (Wildman–Crippen MR) is 105 cm³/mol. The largest absolute Gasteiger partial charge is 0.485 e. The van der Waals surface area contributed by atoms with E-state index in [2.05, 4.69) is 42.2 Å². The lowest BCUT2D eigenvalue weighted by atomic mass is 10.2. The van der Waals surface area contributed by atoms with Crippen molar-refractivity contribution in [2.75, 3.05) is 0 Å². The first-order chi connectivity index (χ1) is 12.8. The van der Waals surface area contributed by atoms with Crippen LogP contribution in [0.25, 0.3) is 10.9 Å². The Balaban J connectivity index is 1.60. The first-order valence-corrected chi connectivity index (χ1v) is 8.75. The SMILES string of the molecule is Cc1cc2cc(OCc3ccccc3)c(OCc3ccccc3)cc2[nH]1. The van der Waals surface area contributed by atoms with E-state index in [0.717, 1.165) is 39.2 Å². The highest BCUT2D eigenvalue weighted by Gasteiger charge is 2.10. The summed E-state index contributed by atoms with van der Waals surface area (Å²) in [5.41, 5.74) is 4.43. The van der Waals surface area contributed by atoms with E-state index < -0.39 is 0 Å². The number of hydrogen-bond acceptors (Lipinski definition) is 2. The summed E-state index contributed by atoms with van der Waals surface area (Å²) in [7, 11) is 0. The number of ether oxygens (including phenoxy) is 2. The fourth-order valence-electron chi connectivity index (χ4n) is 2.98. The van der Waals surface area contributed by atoms with E-state index in [1.54, 1.807) is 0 Å². The van der Waals surface area contributed by atoms with Gasteiger partial charge < -0.3 is 14.5 Å². The van der Waals surface area contributed by atoms with Crippen LogP contribution in [-0.2, 0) is 13.2 Å². The van der Waals surface area contributed by atoms with E-state index >= 15 is 0 Å². The molecule has 0 fully saturated rings. The number of H-pyrrole nitrogens is 1. The Bertz CT molecular complexity index is 910. The molecule has 0 saturated carbocycles. The van der Waals surface area contributed by atoms with Crippen LogP contribution < -0.4 is 9.47 Å². The van der Waals surface area contributed by atoms with Crippen LogP contribution >= 0.6 is 0 Å². The molecule has 0 aliphatic heterocycles. The average molecular weight is 343 g/mol. The zero-order chi connectivity index (χ0) is 17.8. The summed E-state index contributed by atoms with van der Waals surface area (Å²) in [6.45, 7) is 3.07. The first kappa shape index (κ1) is 16.3. The van der Waals surface area contributed by atoms with Crippen molar-refractivity contribution in [1.29, 1.82) is 0 Å². The van der Waals surface area contributed by atoms with Crippen LogP contribution in [0.15, 0.2) is 78.9 Å². The molecule has 1 N–H and O–H groups in total. The van der Waals surface area contributed by atoms with Gasteiger partial charge in [0.2, 0.25) is 0 Å². The van der Waals surface area contributed by atoms with Crippen molar-refractivity contribution in [2.45, 2.75) is 20.1 Å². The molecule has 0 radical (unpaired) electrons. The molecule has 1 heterocycles. The third-order valence-corrected chi connectivity index (χ3v) is 4.29. The van der Waals surface area contributed by atoms with E-state index in [1.165, 1.54) is 0 Å². The molecule has 0 amide bonds. The van der Waals surface area contributed by atoms with Gasteiger partial charge in [-0.15, -0.1) is 0 Å². The summed E-state index contributed by atoms with van der Waals surface area (Å²) in [4.78, 5) is 3.36. The monoisotopic (exact) mass is 343 g/mol. The standard InChI is InChI=1S/C23H21NO2/c1-17-12-20-13-22(25-15-18-8-4-2-5-9-18)23(14-21(20)24-17)26-16-19-10-6-3-7-11-19/h2-14,24H,15-16H2,1H3. The fraction of sp³-hybridized carbons (Fsp3) is 0.130. The lowest BCUT2D eigenvalue weighted by molar-refractivity contribution is 0.256. The maximum Gasteiger partial charge on any atom is 0.163 e. The van der Waals surface area contributed by atoms with Crippen molar-refractivity contribution in [3.8, 4) is 11.5 Å². The number of aryl methyl sites for hydroxylation is 1. The Labute approximate surface area is 153 Å². The highest BCUT2D eigenvalue weighted by atomic mass is 16.5. The predicted octanol–water partition coefficient (Wildman–Crippen LogP) is 5.63. The summed E-state index contributed by atoms with van der Waals surface area (Å²) in [6.07, 6.45) is 0. The molecule has 26 heavy (non-hydrogen) atoms. The van der Waals surface area contributed by atoms with E-state index in [4.69, 9.17) is 9.47 Å². The van der Waals surface area contributed by atoms with Crippen LogP contribution in [0, 0.1) is 6.92 Å². The summed E-state index contributed by atoms with van der Waals surface area (Å²) >= 11 is 0. The third-order valence-electron chi connectivity index (χ3n) is 4.29. The van der Waals surface area contributed by atoms with Crippen LogP contribution in [0.3, 0.4) is 0 Å². The molecular weight excluding hydrogens is 322 g/mol. The molecule has 0 aliphatic carbocycles. The van der Waals surface area contributed by atoms with Gasteiger partial charge in [0.05, 0.1) is 0 Å². The molecule has 1 aromatic heterocycles. The molecule has 0 saturated heterocycles. The quantitative estimate of drug-likeness (QED) is 0.492. The summed E-state index contributed by atoms with van der Waals surface area (Å²) < 4.78 is 12.2. The number of aromatic amines is 1. The lowest BCUT2D eigenvalue weighted by Crippen LogP contribution is -2.00. The lowest BCUT2D eigenvalue weighted by Gasteiger charge is -2.13. The molecule has 0 bridgehead atoms. The van der Waals surface area contributed by atoms with Crippen molar-refractivity contribution in [2.24, 2.45) is 0 Å². The van der Waals surface area contributed by atoms with Crippen LogP contribution in [0.1, 0.15) is 16.8 Å². The summed E-state index contributed by atoms with van der Waals surface area (Å²) in [6, 6.07) is 26.5. The van der Waals surface area contributed by atoms with E-state index in [9.17, 15) is 0 Å². The topological polar surface area (TPSA) is 34.2 Å². The Morgan fingerprint density at radius 3 is 1.81 bits per heavy atom. The van der Waals surface area contributed by atoms with Gasteiger partial charge >= 0.3 is 0 Å². The van der Waals surface area contributed by atoms with Gasteiger partial charge in [0.15, 0.2) is 11.5 Å². The van der Waals surface area contributed by atoms with Gasteiger partial charge in [-0.3, -0.25) is 0 Å². The van der Waals surface area contributed by atoms with Crippen LogP contribution in [0.2, 0.25) is 0 Å². The molecular formula is C23H21NO2. The smallest absolute Gasteiger partial charge is 0.163 e. The summed E-state index contributed by atoms with van der Waals surface area (Å²) in [5.74, 6) is 1.51. The Hall–Kier alpha value is -3.20. The molecule has 0 unspecified atom stereocenters. The second kappa shape index (κ2) is 7.36. The number of nitrogens with one attached hydrogen (secondary N) is 1. The Morgan fingerprint density at radius 1 is 0.692 bits per heavy atom. The first-order valence-electron chi connectivity index (χ1n) is 8.75. The summed E-state index contributed by atoms with van der Waals surface area (Å²) in [5, 5.41) is 1.12. The molecule has 130 valence electrons.